The number of carbonyl (C=O) groups excluding carboxylic acids is 1. The van der Waals surface area contributed by atoms with E-state index in [-0.39, 0.29) is 18.0 Å². The minimum atomic E-state index is -0.518. The Labute approximate surface area is 163 Å². The van der Waals surface area contributed by atoms with Crippen LogP contribution in [0.3, 0.4) is 0 Å². The Morgan fingerprint density at radius 3 is 2.39 bits per heavy atom. The minimum absolute atomic E-state index is 0.0459. The zero-order valence-corrected chi connectivity index (χ0v) is 16.3. The summed E-state index contributed by atoms with van der Waals surface area (Å²) in [5.74, 6) is 0.636. The monoisotopic (exact) mass is 381 g/mol. The number of ether oxygens (including phenoxy) is 1. The van der Waals surface area contributed by atoms with Crippen LogP contribution in [0.4, 0.5) is 5.69 Å². The van der Waals surface area contributed by atoms with E-state index >= 15 is 0 Å². The molecule has 2 aromatic rings. The number of nitriles is 1. The van der Waals surface area contributed by atoms with Gasteiger partial charge in [-0.05, 0) is 43.7 Å². The molecule has 1 aromatic carbocycles. The fraction of sp³-hybridized carbons (Fsp3) is 0.400. The van der Waals surface area contributed by atoms with Gasteiger partial charge >= 0.3 is 0 Å². The van der Waals surface area contributed by atoms with Gasteiger partial charge in [-0.25, -0.2) is 4.68 Å². The lowest BCUT2D eigenvalue weighted by Crippen LogP contribution is -2.50. The van der Waals surface area contributed by atoms with Gasteiger partial charge in [0.1, 0.15) is 23.9 Å². The van der Waals surface area contributed by atoms with Crippen LogP contribution in [-0.4, -0.2) is 53.9 Å². The lowest BCUT2D eigenvalue weighted by atomic mass is 10.1. The largest absolute Gasteiger partial charge is 0.497 e. The number of piperazine rings is 1. The van der Waals surface area contributed by atoms with Gasteiger partial charge in [0.2, 0.25) is 5.91 Å². The molecular formula is C20H23N5O3. The van der Waals surface area contributed by atoms with Crippen LogP contribution >= 0.6 is 0 Å². The molecule has 146 valence electrons. The number of nitrogens with zero attached hydrogens (tertiary/aromatic N) is 5. The Morgan fingerprint density at radius 2 is 1.82 bits per heavy atom. The first kappa shape index (κ1) is 19.4. The van der Waals surface area contributed by atoms with Crippen molar-refractivity contribution in [2.75, 3.05) is 38.2 Å². The molecule has 1 aliphatic rings. The summed E-state index contributed by atoms with van der Waals surface area (Å²) in [5.41, 5.74) is 1.75. The molecule has 8 heteroatoms. The third kappa shape index (κ3) is 3.83. The second kappa shape index (κ2) is 8.13. The highest BCUT2D eigenvalue weighted by Gasteiger charge is 2.23. The third-order valence-electron chi connectivity index (χ3n) is 5.10. The standard InChI is InChI=1S/C20H23N5O3/c1-14-15(2)22-25(20(27)18(14)12-21)13-19(26)24-10-8-23(9-11-24)16-4-6-17(28-3)7-5-16/h4-7H,8-11,13H2,1-3H3. The molecule has 1 saturated heterocycles. The molecule has 8 nitrogen and oxygen atoms in total. The number of rotatable bonds is 4. The fourth-order valence-electron chi connectivity index (χ4n) is 3.25. The van der Waals surface area contributed by atoms with Crippen LogP contribution in [0.25, 0.3) is 0 Å². The molecule has 1 aromatic heterocycles. The summed E-state index contributed by atoms with van der Waals surface area (Å²) in [7, 11) is 1.63. The molecule has 0 spiro atoms. The number of amides is 1. The fourth-order valence-corrected chi connectivity index (χ4v) is 3.25. The summed E-state index contributed by atoms with van der Waals surface area (Å²) in [5, 5.41) is 13.4. The van der Waals surface area contributed by atoms with E-state index in [9.17, 15) is 14.9 Å². The zero-order valence-electron chi connectivity index (χ0n) is 16.3. The van der Waals surface area contributed by atoms with E-state index in [4.69, 9.17) is 4.74 Å². The van der Waals surface area contributed by atoms with Crippen LogP contribution < -0.4 is 15.2 Å². The predicted molar refractivity (Wildman–Crippen MR) is 104 cm³/mol. The first-order valence-electron chi connectivity index (χ1n) is 9.09. The average molecular weight is 381 g/mol. The molecule has 0 saturated carbocycles. The van der Waals surface area contributed by atoms with E-state index in [1.165, 1.54) is 0 Å². The molecule has 0 bridgehead atoms. The molecule has 0 N–H and O–H groups in total. The van der Waals surface area contributed by atoms with Crippen LogP contribution in [0.5, 0.6) is 5.75 Å². The number of methoxy groups -OCH3 is 1. The normalized spacial score (nSPS) is 13.9. The Morgan fingerprint density at radius 1 is 1.18 bits per heavy atom. The van der Waals surface area contributed by atoms with Crippen LogP contribution in [0.2, 0.25) is 0 Å². The van der Waals surface area contributed by atoms with Crippen molar-refractivity contribution in [1.82, 2.24) is 14.7 Å². The van der Waals surface area contributed by atoms with Crippen LogP contribution in [0.15, 0.2) is 29.1 Å². The van der Waals surface area contributed by atoms with E-state index in [1.54, 1.807) is 25.9 Å². The van der Waals surface area contributed by atoms with Gasteiger partial charge in [-0.15, -0.1) is 0 Å². The highest BCUT2D eigenvalue weighted by Crippen LogP contribution is 2.20. The summed E-state index contributed by atoms with van der Waals surface area (Å²) in [6.45, 7) is 5.80. The molecule has 0 aliphatic carbocycles. The van der Waals surface area contributed by atoms with Crippen molar-refractivity contribution in [2.45, 2.75) is 20.4 Å². The summed E-state index contributed by atoms with van der Waals surface area (Å²) in [6, 6.07) is 9.74. The van der Waals surface area contributed by atoms with Crippen molar-refractivity contribution in [3.63, 3.8) is 0 Å². The van der Waals surface area contributed by atoms with Crippen LogP contribution in [-0.2, 0) is 11.3 Å². The van der Waals surface area contributed by atoms with E-state index in [0.717, 1.165) is 16.1 Å². The highest BCUT2D eigenvalue weighted by molar-refractivity contribution is 5.76. The maximum atomic E-state index is 12.7. The lowest BCUT2D eigenvalue weighted by Gasteiger charge is -2.36. The van der Waals surface area contributed by atoms with Crippen LogP contribution in [0, 0.1) is 25.2 Å². The first-order valence-corrected chi connectivity index (χ1v) is 9.09. The lowest BCUT2D eigenvalue weighted by molar-refractivity contribution is -0.132. The summed E-state index contributed by atoms with van der Waals surface area (Å²) >= 11 is 0. The van der Waals surface area contributed by atoms with Gasteiger partial charge in [-0.2, -0.15) is 10.4 Å². The van der Waals surface area contributed by atoms with Crippen molar-refractivity contribution < 1.29 is 9.53 Å². The average Bonchev–Trinajstić information content (AvgIpc) is 2.72. The molecule has 1 fully saturated rings. The first-order chi connectivity index (χ1) is 13.4. The SMILES string of the molecule is COc1ccc(N2CCN(C(=O)Cn3nc(C)c(C)c(C#N)c3=O)CC2)cc1. The van der Waals surface area contributed by atoms with Gasteiger partial charge in [-0.1, -0.05) is 0 Å². The number of carbonyl (C=O) groups is 1. The van der Waals surface area contributed by atoms with Gasteiger partial charge in [-0.3, -0.25) is 9.59 Å². The number of anilines is 1. The Hall–Kier alpha value is -3.34. The Balaban J connectivity index is 1.65. The quantitative estimate of drug-likeness (QED) is 0.787. The zero-order chi connectivity index (χ0) is 20.3. The van der Waals surface area contributed by atoms with E-state index < -0.39 is 5.56 Å². The number of aryl methyl sites for hydroxylation is 1. The topological polar surface area (TPSA) is 91.5 Å². The smallest absolute Gasteiger partial charge is 0.285 e. The third-order valence-corrected chi connectivity index (χ3v) is 5.10. The van der Waals surface area contributed by atoms with Crippen molar-refractivity contribution in [2.24, 2.45) is 0 Å². The van der Waals surface area contributed by atoms with Gasteiger partial charge in [0.05, 0.1) is 12.8 Å². The number of hydrogen-bond acceptors (Lipinski definition) is 6. The summed E-state index contributed by atoms with van der Waals surface area (Å²) in [6.07, 6.45) is 0. The number of hydrogen-bond donors (Lipinski definition) is 0. The molecule has 28 heavy (non-hydrogen) atoms. The molecule has 0 unspecified atom stereocenters. The van der Waals surface area contributed by atoms with Crippen molar-refractivity contribution >= 4 is 11.6 Å². The van der Waals surface area contributed by atoms with Gasteiger partial charge < -0.3 is 14.5 Å². The minimum Gasteiger partial charge on any atom is -0.497 e. The van der Waals surface area contributed by atoms with Crippen molar-refractivity contribution in [3.8, 4) is 11.8 Å². The van der Waals surface area contributed by atoms with Gasteiger partial charge in [0.15, 0.2) is 0 Å². The Kier molecular flexibility index (Phi) is 5.64. The summed E-state index contributed by atoms with van der Waals surface area (Å²) in [4.78, 5) is 29.0. The maximum Gasteiger partial charge on any atom is 0.285 e. The maximum absolute atomic E-state index is 12.7. The second-order valence-electron chi connectivity index (χ2n) is 6.73. The Bertz CT molecular complexity index is 967. The molecular weight excluding hydrogens is 358 g/mol. The molecule has 1 amide bonds. The molecule has 1 aliphatic heterocycles. The van der Waals surface area contributed by atoms with Gasteiger partial charge in [0, 0.05) is 31.9 Å². The summed E-state index contributed by atoms with van der Waals surface area (Å²) < 4.78 is 6.27. The van der Waals surface area contributed by atoms with E-state index in [0.29, 0.717) is 37.4 Å². The highest BCUT2D eigenvalue weighted by atomic mass is 16.5. The number of aromatic nitrogens is 2. The van der Waals surface area contributed by atoms with Crippen molar-refractivity contribution in [3.05, 3.63) is 51.4 Å². The predicted octanol–water partition coefficient (Wildman–Crippen LogP) is 1.09. The molecule has 3 rings (SSSR count). The molecule has 0 radical (unpaired) electrons. The van der Waals surface area contributed by atoms with E-state index in [2.05, 4.69) is 10.00 Å². The van der Waals surface area contributed by atoms with Crippen LogP contribution in [0.1, 0.15) is 16.8 Å². The number of benzene rings is 1. The van der Waals surface area contributed by atoms with Crippen molar-refractivity contribution in [1.29, 1.82) is 5.26 Å². The van der Waals surface area contributed by atoms with Gasteiger partial charge in [0.25, 0.3) is 5.56 Å². The molecule has 0 atom stereocenters. The molecule has 2 heterocycles. The van der Waals surface area contributed by atoms with E-state index in [1.807, 2.05) is 30.3 Å². The second-order valence-corrected chi connectivity index (χ2v) is 6.73.